The largest absolute Gasteiger partial charge is 0.493 e. The molecule has 1 saturated heterocycles. The molecule has 1 fully saturated rings. The van der Waals surface area contributed by atoms with E-state index in [9.17, 15) is 4.79 Å². The number of rotatable bonds is 7. The van der Waals surface area contributed by atoms with Crippen molar-refractivity contribution in [2.24, 2.45) is 5.92 Å². The fraction of sp³-hybridized carbons (Fsp3) is 0.400. The summed E-state index contributed by atoms with van der Waals surface area (Å²) < 4.78 is 16.1. The Hall–Kier alpha value is -2.60. The van der Waals surface area contributed by atoms with Gasteiger partial charge in [-0.2, -0.15) is 0 Å². The van der Waals surface area contributed by atoms with Crippen molar-refractivity contribution < 1.29 is 19.0 Å². The van der Waals surface area contributed by atoms with Gasteiger partial charge in [-0.1, -0.05) is 6.07 Å². The van der Waals surface area contributed by atoms with E-state index >= 15 is 0 Å². The summed E-state index contributed by atoms with van der Waals surface area (Å²) in [6.07, 6.45) is 4.73. The average molecular weight is 356 g/mol. The first kappa shape index (κ1) is 18.2. The Morgan fingerprint density at radius 2 is 1.88 bits per heavy atom. The number of nitrogens with one attached hydrogen (secondary N) is 1. The van der Waals surface area contributed by atoms with Crippen LogP contribution in [-0.4, -0.2) is 44.4 Å². The Balaban J connectivity index is 1.58. The molecular weight excluding hydrogens is 332 g/mol. The van der Waals surface area contributed by atoms with E-state index in [2.05, 4.69) is 10.3 Å². The number of ether oxygens (including phenoxy) is 3. The third kappa shape index (κ3) is 4.52. The normalized spacial score (nSPS) is 19.2. The third-order valence-electron chi connectivity index (χ3n) is 4.60. The molecule has 0 saturated carbocycles. The van der Waals surface area contributed by atoms with Crippen LogP contribution >= 0.6 is 0 Å². The molecule has 1 aliphatic rings. The van der Waals surface area contributed by atoms with Crippen molar-refractivity contribution >= 4 is 5.91 Å². The summed E-state index contributed by atoms with van der Waals surface area (Å²) in [6.45, 7) is 1.21. The predicted octanol–water partition coefficient (Wildman–Crippen LogP) is 2.02. The molecule has 26 heavy (non-hydrogen) atoms. The topological polar surface area (TPSA) is 69.7 Å². The van der Waals surface area contributed by atoms with Crippen LogP contribution in [-0.2, 0) is 22.4 Å². The second-order valence-corrected chi connectivity index (χ2v) is 6.40. The molecule has 1 aliphatic heterocycles. The number of aromatic nitrogens is 1. The Morgan fingerprint density at radius 3 is 2.62 bits per heavy atom. The zero-order chi connectivity index (χ0) is 18.4. The predicted molar refractivity (Wildman–Crippen MR) is 97.4 cm³/mol. The van der Waals surface area contributed by atoms with Crippen LogP contribution in [0.5, 0.6) is 11.5 Å². The van der Waals surface area contributed by atoms with Crippen LogP contribution < -0.4 is 14.8 Å². The lowest BCUT2D eigenvalue weighted by Gasteiger charge is -2.19. The van der Waals surface area contributed by atoms with Gasteiger partial charge in [0.2, 0.25) is 5.91 Å². The monoisotopic (exact) mass is 356 g/mol. The van der Waals surface area contributed by atoms with E-state index in [1.165, 1.54) is 5.56 Å². The van der Waals surface area contributed by atoms with E-state index in [-0.39, 0.29) is 17.9 Å². The summed E-state index contributed by atoms with van der Waals surface area (Å²) in [4.78, 5) is 16.5. The van der Waals surface area contributed by atoms with Gasteiger partial charge in [0.1, 0.15) is 0 Å². The zero-order valence-electron chi connectivity index (χ0n) is 15.1. The first-order valence-corrected chi connectivity index (χ1v) is 8.66. The summed E-state index contributed by atoms with van der Waals surface area (Å²) in [5, 5.41) is 3.11. The number of hydrogen-bond acceptors (Lipinski definition) is 5. The standard InChI is InChI=1S/C20H24N2O4/c1-24-18-4-3-15(10-19(18)25-2)11-20(23)22-17-13-26-12-16(17)9-14-5-7-21-8-6-14/h3-8,10,16-17H,9,11-13H2,1-2H3,(H,22,23)/t16-,17-/m1/s1. The second kappa shape index (κ2) is 8.67. The SMILES string of the molecule is COc1ccc(CC(=O)N[C@@H]2COC[C@H]2Cc2ccncc2)cc1OC. The molecule has 0 spiro atoms. The second-order valence-electron chi connectivity index (χ2n) is 6.40. The number of pyridine rings is 1. The van der Waals surface area contributed by atoms with Crippen LogP contribution in [0.4, 0.5) is 0 Å². The molecule has 0 aliphatic carbocycles. The molecule has 3 rings (SSSR count). The van der Waals surface area contributed by atoms with E-state index in [0.717, 1.165) is 12.0 Å². The highest BCUT2D eigenvalue weighted by molar-refractivity contribution is 5.79. The molecule has 6 nitrogen and oxygen atoms in total. The highest BCUT2D eigenvalue weighted by Crippen LogP contribution is 2.27. The van der Waals surface area contributed by atoms with Crippen LogP contribution in [0, 0.1) is 5.92 Å². The third-order valence-corrected chi connectivity index (χ3v) is 4.60. The maximum absolute atomic E-state index is 12.5. The van der Waals surface area contributed by atoms with Gasteiger partial charge < -0.3 is 19.5 Å². The van der Waals surface area contributed by atoms with Gasteiger partial charge in [0.05, 0.1) is 39.9 Å². The van der Waals surface area contributed by atoms with E-state index in [4.69, 9.17) is 14.2 Å². The smallest absolute Gasteiger partial charge is 0.224 e. The summed E-state index contributed by atoms with van der Waals surface area (Å²) in [5.41, 5.74) is 2.08. The van der Waals surface area contributed by atoms with E-state index in [1.807, 2.05) is 30.3 Å². The average Bonchev–Trinajstić information content (AvgIpc) is 3.08. The molecule has 6 heteroatoms. The fourth-order valence-corrected chi connectivity index (χ4v) is 3.21. The van der Waals surface area contributed by atoms with E-state index in [1.54, 1.807) is 26.6 Å². The Kier molecular flexibility index (Phi) is 6.07. The molecule has 2 aromatic rings. The van der Waals surface area contributed by atoms with Crippen LogP contribution in [0.2, 0.25) is 0 Å². The van der Waals surface area contributed by atoms with Crippen molar-refractivity contribution in [2.75, 3.05) is 27.4 Å². The number of carbonyl (C=O) groups excluding carboxylic acids is 1. The van der Waals surface area contributed by atoms with Gasteiger partial charge in [-0.25, -0.2) is 0 Å². The zero-order valence-corrected chi connectivity index (χ0v) is 15.1. The molecule has 0 bridgehead atoms. The first-order valence-electron chi connectivity index (χ1n) is 8.66. The van der Waals surface area contributed by atoms with Crippen molar-refractivity contribution in [3.05, 3.63) is 53.9 Å². The van der Waals surface area contributed by atoms with Crippen LogP contribution in [0.15, 0.2) is 42.7 Å². The number of methoxy groups -OCH3 is 2. The van der Waals surface area contributed by atoms with Gasteiger partial charge in [-0.3, -0.25) is 9.78 Å². The number of nitrogens with zero attached hydrogens (tertiary/aromatic N) is 1. The molecule has 2 atom stereocenters. The lowest BCUT2D eigenvalue weighted by Crippen LogP contribution is -2.41. The quantitative estimate of drug-likeness (QED) is 0.822. The maximum atomic E-state index is 12.5. The highest BCUT2D eigenvalue weighted by atomic mass is 16.5. The summed E-state index contributed by atoms with van der Waals surface area (Å²) in [5.74, 6) is 1.52. The minimum atomic E-state index is -0.0209. The van der Waals surface area contributed by atoms with Crippen LogP contribution in [0.3, 0.4) is 0 Å². The summed E-state index contributed by atoms with van der Waals surface area (Å²) >= 11 is 0. The minimum Gasteiger partial charge on any atom is -0.493 e. The van der Waals surface area contributed by atoms with Crippen molar-refractivity contribution in [1.29, 1.82) is 0 Å². The highest BCUT2D eigenvalue weighted by Gasteiger charge is 2.29. The number of hydrogen-bond donors (Lipinski definition) is 1. The van der Waals surface area contributed by atoms with Crippen molar-refractivity contribution in [2.45, 2.75) is 18.9 Å². The maximum Gasteiger partial charge on any atom is 0.224 e. The molecule has 138 valence electrons. The van der Waals surface area contributed by atoms with Gasteiger partial charge in [-0.15, -0.1) is 0 Å². The Bertz CT molecular complexity index is 736. The van der Waals surface area contributed by atoms with Crippen LogP contribution in [0.25, 0.3) is 0 Å². The molecule has 0 unspecified atom stereocenters. The first-order chi connectivity index (χ1) is 12.7. The van der Waals surface area contributed by atoms with Gasteiger partial charge in [-0.05, 0) is 41.8 Å². The summed E-state index contributed by atoms with van der Waals surface area (Å²) in [6, 6.07) is 9.54. The summed E-state index contributed by atoms with van der Waals surface area (Å²) in [7, 11) is 3.18. The number of benzene rings is 1. The van der Waals surface area contributed by atoms with Gasteiger partial charge in [0, 0.05) is 18.3 Å². The van der Waals surface area contributed by atoms with Crippen molar-refractivity contribution in [3.63, 3.8) is 0 Å². The minimum absolute atomic E-state index is 0.0209. The number of amides is 1. The molecular formula is C20H24N2O4. The molecule has 1 N–H and O–H groups in total. The van der Waals surface area contributed by atoms with Gasteiger partial charge in [0.25, 0.3) is 0 Å². The lowest BCUT2D eigenvalue weighted by molar-refractivity contribution is -0.121. The lowest BCUT2D eigenvalue weighted by atomic mass is 9.95. The molecule has 1 amide bonds. The molecule has 0 radical (unpaired) electrons. The van der Waals surface area contributed by atoms with Crippen molar-refractivity contribution in [3.8, 4) is 11.5 Å². The van der Waals surface area contributed by atoms with Crippen LogP contribution in [0.1, 0.15) is 11.1 Å². The van der Waals surface area contributed by atoms with E-state index < -0.39 is 0 Å². The Morgan fingerprint density at radius 1 is 1.12 bits per heavy atom. The molecule has 1 aromatic carbocycles. The van der Waals surface area contributed by atoms with Gasteiger partial charge >= 0.3 is 0 Å². The fourth-order valence-electron chi connectivity index (χ4n) is 3.21. The number of carbonyl (C=O) groups is 1. The van der Waals surface area contributed by atoms with E-state index in [0.29, 0.717) is 31.1 Å². The van der Waals surface area contributed by atoms with Gasteiger partial charge in [0.15, 0.2) is 11.5 Å². The molecule has 2 heterocycles. The van der Waals surface area contributed by atoms with Crippen molar-refractivity contribution in [1.82, 2.24) is 10.3 Å². The molecule has 1 aromatic heterocycles. The Labute approximate surface area is 153 Å².